The first-order chi connectivity index (χ1) is 12.9. The number of hydrogen-bond acceptors (Lipinski definition) is 5. The molecule has 2 heterocycles. The van der Waals surface area contributed by atoms with Crippen LogP contribution in [0.5, 0.6) is 11.5 Å². The highest BCUT2D eigenvalue weighted by Crippen LogP contribution is 2.51. The van der Waals surface area contributed by atoms with Gasteiger partial charge >= 0.3 is 5.97 Å². The number of ether oxygens (including phenoxy) is 3. The quantitative estimate of drug-likeness (QED) is 0.814. The first-order valence-corrected chi connectivity index (χ1v) is 9.31. The normalized spacial score (nSPS) is 26.7. The van der Waals surface area contributed by atoms with Crippen LogP contribution in [0, 0.1) is 5.92 Å². The maximum atomic E-state index is 14.0. The second kappa shape index (κ2) is 6.91. The summed E-state index contributed by atoms with van der Waals surface area (Å²) in [4.78, 5) is 12.5. The zero-order valence-electron chi connectivity index (χ0n) is 14.9. The van der Waals surface area contributed by atoms with Gasteiger partial charge in [0.05, 0.1) is 6.10 Å². The Morgan fingerprint density at radius 2 is 1.96 bits per heavy atom. The van der Waals surface area contributed by atoms with Crippen LogP contribution < -0.4 is 14.8 Å². The first kappa shape index (κ1) is 18.4. The third-order valence-corrected chi connectivity index (χ3v) is 5.74. The zero-order chi connectivity index (χ0) is 19.1. The van der Waals surface area contributed by atoms with E-state index in [1.54, 1.807) is 18.2 Å². The molecule has 1 aromatic carbocycles. The van der Waals surface area contributed by atoms with Gasteiger partial charge in [0, 0.05) is 18.8 Å². The molecule has 2 atom stereocenters. The van der Waals surface area contributed by atoms with Crippen LogP contribution in [0.2, 0.25) is 0 Å². The molecule has 3 aliphatic rings. The van der Waals surface area contributed by atoms with E-state index < -0.39 is 29.8 Å². The topological polar surface area (TPSA) is 77.0 Å². The summed E-state index contributed by atoms with van der Waals surface area (Å²) in [6.45, 7) is 1.47. The van der Waals surface area contributed by atoms with Crippen molar-refractivity contribution in [3.63, 3.8) is 0 Å². The minimum atomic E-state index is -2.88. The molecular weight excluding hydrogens is 360 g/mol. The van der Waals surface area contributed by atoms with E-state index in [1.165, 1.54) is 0 Å². The van der Waals surface area contributed by atoms with E-state index in [-0.39, 0.29) is 25.7 Å². The van der Waals surface area contributed by atoms with Gasteiger partial charge in [0.15, 0.2) is 17.1 Å². The highest BCUT2D eigenvalue weighted by molar-refractivity contribution is 5.80. The Hall–Kier alpha value is -1.93. The number of benzene rings is 1. The van der Waals surface area contributed by atoms with Crippen LogP contribution in [0.25, 0.3) is 0 Å². The Labute approximate surface area is 155 Å². The summed E-state index contributed by atoms with van der Waals surface area (Å²) in [5.74, 6) is -4.00. The van der Waals surface area contributed by atoms with Gasteiger partial charge in [-0.15, -0.1) is 0 Å². The Bertz CT molecular complexity index is 722. The smallest absolute Gasteiger partial charge is 0.340 e. The van der Waals surface area contributed by atoms with Gasteiger partial charge in [-0.2, -0.15) is 0 Å². The SMILES string of the molecule is O=C(O)[C@](OC1CCNCC1)(c1ccc2c(c1)OCO2)[C@@H]1CCC(F)(F)C1. The maximum absolute atomic E-state index is 14.0. The minimum absolute atomic E-state index is 0.0511. The molecule has 1 saturated carbocycles. The number of piperidine rings is 1. The van der Waals surface area contributed by atoms with Gasteiger partial charge in [0.25, 0.3) is 0 Å². The highest BCUT2D eigenvalue weighted by Gasteiger charge is 2.56. The summed E-state index contributed by atoms with van der Waals surface area (Å²) in [6.07, 6.45) is 0.248. The number of carboxylic acid groups (broad SMARTS) is 1. The van der Waals surface area contributed by atoms with Crippen molar-refractivity contribution in [1.82, 2.24) is 5.32 Å². The number of aliphatic carboxylic acids is 1. The number of fused-ring (bicyclic) bond motifs is 1. The lowest BCUT2D eigenvalue weighted by atomic mass is 9.79. The van der Waals surface area contributed by atoms with Crippen LogP contribution in [-0.2, 0) is 15.1 Å². The zero-order valence-corrected chi connectivity index (χ0v) is 14.9. The largest absolute Gasteiger partial charge is 0.479 e. The molecule has 0 radical (unpaired) electrons. The van der Waals surface area contributed by atoms with E-state index in [1.807, 2.05) is 0 Å². The molecule has 0 bridgehead atoms. The van der Waals surface area contributed by atoms with Crippen molar-refractivity contribution in [2.75, 3.05) is 19.9 Å². The molecule has 2 fully saturated rings. The molecule has 27 heavy (non-hydrogen) atoms. The fourth-order valence-electron chi connectivity index (χ4n) is 4.35. The van der Waals surface area contributed by atoms with Crippen LogP contribution in [0.1, 0.15) is 37.7 Å². The molecule has 1 aromatic rings. The van der Waals surface area contributed by atoms with E-state index in [0.29, 0.717) is 43.0 Å². The monoisotopic (exact) mass is 383 g/mol. The summed E-state index contributed by atoms with van der Waals surface area (Å²) in [5.41, 5.74) is -1.50. The summed E-state index contributed by atoms with van der Waals surface area (Å²) in [5, 5.41) is 13.4. The summed E-state index contributed by atoms with van der Waals surface area (Å²) in [6, 6.07) is 4.78. The highest BCUT2D eigenvalue weighted by atomic mass is 19.3. The van der Waals surface area contributed by atoms with Crippen LogP contribution in [-0.4, -0.2) is 43.0 Å². The van der Waals surface area contributed by atoms with Crippen molar-refractivity contribution in [2.45, 2.75) is 49.7 Å². The predicted octanol–water partition coefficient (Wildman–Crippen LogP) is 2.90. The van der Waals surface area contributed by atoms with Crippen molar-refractivity contribution in [3.05, 3.63) is 23.8 Å². The molecular formula is C19H23F2NO5. The van der Waals surface area contributed by atoms with E-state index in [0.717, 1.165) is 0 Å². The Kier molecular flexibility index (Phi) is 4.71. The Morgan fingerprint density at radius 1 is 1.22 bits per heavy atom. The standard InChI is InChI=1S/C19H23F2NO5/c20-18(21)6-3-13(10-18)19(17(23)24,27-14-4-7-22-8-5-14)12-1-2-15-16(9-12)26-11-25-15/h1-2,9,13-14,22H,3-8,10-11H2,(H,23,24)/t13-,19+/m1/s1. The molecule has 1 saturated heterocycles. The number of hydrogen-bond donors (Lipinski definition) is 2. The molecule has 2 aliphatic heterocycles. The van der Waals surface area contributed by atoms with Gasteiger partial charge in [-0.25, -0.2) is 13.6 Å². The molecule has 6 nitrogen and oxygen atoms in total. The number of halogens is 2. The van der Waals surface area contributed by atoms with Crippen LogP contribution in [0.3, 0.4) is 0 Å². The van der Waals surface area contributed by atoms with E-state index in [2.05, 4.69) is 5.32 Å². The summed E-state index contributed by atoms with van der Waals surface area (Å²) >= 11 is 0. The van der Waals surface area contributed by atoms with E-state index in [9.17, 15) is 18.7 Å². The molecule has 2 N–H and O–H groups in total. The van der Waals surface area contributed by atoms with Crippen molar-refractivity contribution in [1.29, 1.82) is 0 Å². The second-order valence-electron chi connectivity index (χ2n) is 7.47. The molecule has 8 heteroatoms. The first-order valence-electron chi connectivity index (χ1n) is 9.31. The average molecular weight is 383 g/mol. The maximum Gasteiger partial charge on any atom is 0.340 e. The molecule has 0 spiro atoms. The van der Waals surface area contributed by atoms with Crippen LogP contribution >= 0.6 is 0 Å². The Morgan fingerprint density at radius 3 is 2.63 bits per heavy atom. The number of rotatable bonds is 5. The third kappa shape index (κ3) is 3.36. The predicted molar refractivity (Wildman–Crippen MR) is 91.1 cm³/mol. The molecule has 1 aliphatic carbocycles. The van der Waals surface area contributed by atoms with E-state index in [4.69, 9.17) is 14.2 Å². The molecule has 4 rings (SSSR count). The third-order valence-electron chi connectivity index (χ3n) is 5.74. The Balaban J connectivity index is 1.76. The molecule has 0 aromatic heterocycles. The average Bonchev–Trinajstić information content (AvgIpc) is 3.25. The minimum Gasteiger partial charge on any atom is -0.479 e. The van der Waals surface area contributed by atoms with Gasteiger partial charge in [-0.1, -0.05) is 6.07 Å². The summed E-state index contributed by atoms with van der Waals surface area (Å²) < 4.78 is 44.9. The van der Waals surface area contributed by atoms with Crippen LogP contribution in [0.15, 0.2) is 18.2 Å². The van der Waals surface area contributed by atoms with Gasteiger partial charge < -0.3 is 24.6 Å². The van der Waals surface area contributed by atoms with Gasteiger partial charge in [-0.05, 0) is 50.0 Å². The fraction of sp³-hybridized carbons (Fsp3) is 0.632. The fourth-order valence-corrected chi connectivity index (χ4v) is 4.35. The van der Waals surface area contributed by atoms with Crippen molar-refractivity contribution < 1.29 is 32.9 Å². The second-order valence-corrected chi connectivity index (χ2v) is 7.47. The number of carboxylic acids is 1. The van der Waals surface area contributed by atoms with Gasteiger partial charge in [0.2, 0.25) is 12.7 Å². The molecule has 0 amide bonds. The molecule has 148 valence electrons. The van der Waals surface area contributed by atoms with Gasteiger partial charge in [0.1, 0.15) is 0 Å². The van der Waals surface area contributed by atoms with Crippen molar-refractivity contribution >= 4 is 5.97 Å². The van der Waals surface area contributed by atoms with Crippen molar-refractivity contribution in [3.8, 4) is 11.5 Å². The lowest BCUT2D eigenvalue weighted by molar-refractivity contribution is -0.192. The van der Waals surface area contributed by atoms with Gasteiger partial charge in [-0.3, -0.25) is 0 Å². The number of alkyl halides is 2. The van der Waals surface area contributed by atoms with Crippen molar-refractivity contribution in [2.24, 2.45) is 5.92 Å². The van der Waals surface area contributed by atoms with Crippen LogP contribution in [0.4, 0.5) is 8.78 Å². The van der Waals surface area contributed by atoms with E-state index >= 15 is 0 Å². The lowest BCUT2D eigenvalue weighted by Crippen LogP contribution is -2.49. The number of nitrogens with one attached hydrogen (secondary N) is 1. The molecule has 0 unspecified atom stereocenters. The lowest BCUT2D eigenvalue weighted by Gasteiger charge is -2.39. The summed E-state index contributed by atoms with van der Waals surface area (Å²) in [7, 11) is 0. The number of carbonyl (C=O) groups is 1.